The van der Waals surface area contributed by atoms with E-state index in [1.165, 1.54) is 25.7 Å². The summed E-state index contributed by atoms with van der Waals surface area (Å²) >= 11 is 0. The number of rotatable bonds is 1. The standard InChI is InChI=1S/C12H19NO3.2H2O/c1-2-11(14)16-12(15)13-7-9-5-3-4-6-10(9)8-13;;/h9-10H,2-8H2,1H3;2*1H2/t9-,10+;;. The highest BCUT2D eigenvalue weighted by molar-refractivity contribution is 5.84. The van der Waals surface area contributed by atoms with Crippen LogP contribution in [0.1, 0.15) is 39.0 Å². The molecule has 0 aromatic heterocycles. The van der Waals surface area contributed by atoms with Crippen LogP contribution < -0.4 is 0 Å². The van der Waals surface area contributed by atoms with E-state index in [0.29, 0.717) is 11.8 Å². The van der Waals surface area contributed by atoms with Gasteiger partial charge in [0.25, 0.3) is 0 Å². The fourth-order valence-corrected chi connectivity index (χ4v) is 2.79. The predicted molar refractivity (Wildman–Crippen MR) is 66.0 cm³/mol. The van der Waals surface area contributed by atoms with Gasteiger partial charge in [0.05, 0.1) is 0 Å². The third-order valence-corrected chi connectivity index (χ3v) is 3.72. The van der Waals surface area contributed by atoms with Crippen molar-refractivity contribution in [1.29, 1.82) is 0 Å². The van der Waals surface area contributed by atoms with Crippen LogP contribution in [0.4, 0.5) is 4.79 Å². The number of esters is 1. The molecule has 1 aliphatic heterocycles. The van der Waals surface area contributed by atoms with Gasteiger partial charge in [0, 0.05) is 19.5 Å². The first kappa shape index (κ1) is 16.9. The molecule has 0 unspecified atom stereocenters. The van der Waals surface area contributed by atoms with Crippen LogP contribution in [0.5, 0.6) is 0 Å². The predicted octanol–water partition coefficient (Wildman–Crippen LogP) is 0.532. The van der Waals surface area contributed by atoms with E-state index in [-0.39, 0.29) is 17.4 Å². The Morgan fingerprint density at radius 3 is 2.06 bits per heavy atom. The molecule has 2 fully saturated rings. The molecule has 1 heterocycles. The lowest BCUT2D eigenvalue weighted by atomic mass is 9.82. The van der Waals surface area contributed by atoms with E-state index in [9.17, 15) is 9.59 Å². The summed E-state index contributed by atoms with van der Waals surface area (Å²) in [5.41, 5.74) is 0. The molecular weight excluding hydrogens is 238 g/mol. The summed E-state index contributed by atoms with van der Waals surface area (Å²) in [6, 6.07) is 0. The molecule has 4 N–H and O–H groups in total. The highest BCUT2D eigenvalue weighted by atomic mass is 16.6. The average Bonchev–Trinajstić information content (AvgIpc) is 2.72. The van der Waals surface area contributed by atoms with Crippen molar-refractivity contribution in [3.8, 4) is 0 Å². The molecule has 6 nitrogen and oxygen atoms in total. The molecule has 1 aliphatic carbocycles. The van der Waals surface area contributed by atoms with Crippen molar-refractivity contribution in [1.82, 2.24) is 4.90 Å². The highest BCUT2D eigenvalue weighted by Gasteiger charge is 2.37. The van der Waals surface area contributed by atoms with E-state index in [0.717, 1.165) is 13.1 Å². The van der Waals surface area contributed by atoms with Gasteiger partial charge in [0.1, 0.15) is 0 Å². The second kappa shape index (κ2) is 7.33. The molecule has 0 bridgehead atoms. The number of amides is 1. The van der Waals surface area contributed by atoms with Crippen LogP contribution in [0.2, 0.25) is 0 Å². The molecule has 1 amide bonds. The van der Waals surface area contributed by atoms with Crippen LogP contribution in [-0.2, 0) is 9.53 Å². The van der Waals surface area contributed by atoms with Gasteiger partial charge in [-0.15, -0.1) is 0 Å². The third-order valence-electron chi connectivity index (χ3n) is 3.72. The van der Waals surface area contributed by atoms with Gasteiger partial charge >= 0.3 is 12.1 Å². The lowest BCUT2D eigenvalue weighted by Crippen LogP contribution is -2.31. The Morgan fingerprint density at radius 2 is 1.61 bits per heavy atom. The largest absolute Gasteiger partial charge is 0.417 e. The third kappa shape index (κ3) is 3.68. The quantitative estimate of drug-likeness (QED) is 0.507. The van der Waals surface area contributed by atoms with Gasteiger partial charge < -0.3 is 20.6 Å². The van der Waals surface area contributed by atoms with Crippen molar-refractivity contribution in [3.05, 3.63) is 0 Å². The Labute approximate surface area is 107 Å². The Morgan fingerprint density at radius 1 is 1.11 bits per heavy atom. The van der Waals surface area contributed by atoms with E-state index < -0.39 is 12.1 Å². The van der Waals surface area contributed by atoms with Crippen LogP contribution in [0.15, 0.2) is 0 Å². The summed E-state index contributed by atoms with van der Waals surface area (Å²) in [6.45, 7) is 3.25. The SMILES string of the molecule is CCC(=O)OC(=O)N1C[C@H]2CCCC[C@H]2C1.O.O. The van der Waals surface area contributed by atoms with Gasteiger partial charge in [0.2, 0.25) is 0 Å². The van der Waals surface area contributed by atoms with Gasteiger partial charge in [-0.3, -0.25) is 4.79 Å². The summed E-state index contributed by atoms with van der Waals surface area (Å²) in [7, 11) is 0. The number of fused-ring (bicyclic) bond motifs is 1. The van der Waals surface area contributed by atoms with Gasteiger partial charge in [-0.25, -0.2) is 4.79 Å². The molecule has 0 aromatic carbocycles. The first-order valence-corrected chi connectivity index (χ1v) is 6.20. The fraction of sp³-hybridized carbons (Fsp3) is 0.833. The van der Waals surface area contributed by atoms with Crippen molar-refractivity contribution in [2.75, 3.05) is 13.1 Å². The molecule has 2 aliphatic rings. The summed E-state index contributed by atoms with van der Waals surface area (Å²) < 4.78 is 4.74. The Kier molecular flexibility index (Phi) is 6.86. The van der Waals surface area contributed by atoms with E-state index in [1.807, 2.05) is 0 Å². The number of likely N-dealkylation sites (tertiary alicyclic amines) is 1. The number of hydrogen-bond acceptors (Lipinski definition) is 3. The number of carbonyl (C=O) groups excluding carboxylic acids is 2. The van der Waals surface area contributed by atoms with Crippen LogP contribution in [-0.4, -0.2) is 41.0 Å². The van der Waals surface area contributed by atoms with Crippen molar-refractivity contribution in [3.63, 3.8) is 0 Å². The summed E-state index contributed by atoms with van der Waals surface area (Å²) in [4.78, 5) is 24.4. The van der Waals surface area contributed by atoms with Crippen molar-refractivity contribution >= 4 is 12.1 Å². The summed E-state index contributed by atoms with van der Waals surface area (Å²) in [6.07, 6.45) is 4.80. The smallest absolute Gasteiger partial charge is 0.412 e. The molecule has 106 valence electrons. The number of ether oxygens (including phenoxy) is 1. The zero-order chi connectivity index (χ0) is 11.5. The van der Waals surface area contributed by atoms with Crippen molar-refractivity contribution in [2.24, 2.45) is 11.8 Å². The topological polar surface area (TPSA) is 110 Å². The monoisotopic (exact) mass is 261 g/mol. The molecule has 2 atom stereocenters. The maximum absolute atomic E-state index is 11.6. The first-order chi connectivity index (χ1) is 7.70. The van der Waals surface area contributed by atoms with Crippen LogP contribution >= 0.6 is 0 Å². The number of hydrogen-bond donors (Lipinski definition) is 0. The molecule has 2 rings (SSSR count). The average molecular weight is 261 g/mol. The van der Waals surface area contributed by atoms with Gasteiger partial charge in [-0.2, -0.15) is 0 Å². The number of carbonyl (C=O) groups is 2. The molecule has 18 heavy (non-hydrogen) atoms. The van der Waals surface area contributed by atoms with Gasteiger partial charge in [0.15, 0.2) is 0 Å². The lowest BCUT2D eigenvalue weighted by molar-refractivity contribution is -0.137. The second-order valence-electron chi connectivity index (χ2n) is 4.80. The van der Waals surface area contributed by atoms with E-state index >= 15 is 0 Å². The van der Waals surface area contributed by atoms with E-state index in [4.69, 9.17) is 4.74 Å². The molecular formula is C12H23NO5. The van der Waals surface area contributed by atoms with Gasteiger partial charge in [-0.1, -0.05) is 19.8 Å². The zero-order valence-corrected chi connectivity index (χ0v) is 10.8. The highest BCUT2D eigenvalue weighted by Crippen LogP contribution is 2.36. The first-order valence-electron chi connectivity index (χ1n) is 6.20. The van der Waals surface area contributed by atoms with Crippen molar-refractivity contribution in [2.45, 2.75) is 39.0 Å². The molecule has 6 heteroatoms. The lowest BCUT2D eigenvalue weighted by Gasteiger charge is -2.22. The molecule has 0 spiro atoms. The van der Waals surface area contributed by atoms with Crippen LogP contribution in [0.3, 0.4) is 0 Å². The maximum atomic E-state index is 11.6. The Bertz CT molecular complexity index is 280. The van der Waals surface area contributed by atoms with Crippen molar-refractivity contribution < 1.29 is 25.3 Å². The summed E-state index contributed by atoms with van der Waals surface area (Å²) in [5, 5.41) is 0. The normalized spacial score (nSPS) is 25.5. The molecule has 0 aromatic rings. The fourth-order valence-electron chi connectivity index (χ4n) is 2.79. The van der Waals surface area contributed by atoms with Gasteiger partial charge in [-0.05, 0) is 24.7 Å². The molecule has 1 saturated heterocycles. The molecule has 1 saturated carbocycles. The molecule has 0 radical (unpaired) electrons. The minimum atomic E-state index is -0.443. The van der Waals surface area contributed by atoms with E-state index in [2.05, 4.69) is 0 Å². The second-order valence-corrected chi connectivity index (χ2v) is 4.80. The zero-order valence-electron chi connectivity index (χ0n) is 10.8. The Hall–Kier alpha value is -1.14. The summed E-state index contributed by atoms with van der Waals surface area (Å²) in [5.74, 6) is 0.843. The number of nitrogens with zero attached hydrogens (tertiary/aromatic N) is 1. The maximum Gasteiger partial charge on any atom is 0.417 e. The van der Waals surface area contributed by atoms with Crippen LogP contribution in [0, 0.1) is 11.8 Å². The minimum Gasteiger partial charge on any atom is -0.412 e. The Balaban J connectivity index is 0.00000144. The minimum absolute atomic E-state index is 0. The van der Waals surface area contributed by atoms with Crippen LogP contribution in [0.25, 0.3) is 0 Å². The van der Waals surface area contributed by atoms with E-state index in [1.54, 1.807) is 11.8 Å².